The van der Waals surface area contributed by atoms with E-state index in [1.165, 1.54) is 0 Å². The molecule has 13 heavy (non-hydrogen) atoms. The summed E-state index contributed by atoms with van der Waals surface area (Å²) >= 11 is 0. The van der Waals surface area contributed by atoms with Crippen LogP contribution in [0, 0.1) is 24.4 Å². The summed E-state index contributed by atoms with van der Waals surface area (Å²) in [7, 11) is 0. The van der Waals surface area contributed by atoms with Gasteiger partial charge in [0.2, 0.25) is 0 Å². The second kappa shape index (κ2) is 4.74. The Labute approximate surface area is 75.4 Å². The number of benzene rings is 1. The van der Waals surface area contributed by atoms with Crippen molar-refractivity contribution in [1.29, 1.82) is 0 Å². The fourth-order valence-electron chi connectivity index (χ4n) is 0.704. The predicted molar refractivity (Wildman–Crippen MR) is 46.8 cm³/mol. The molecule has 0 amide bonds. The Morgan fingerprint density at radius 2 is 1.54 bits per heavy atom. The molecule has 0 aliphatic carbocycles. The third kappa shape index (κ3) is 2.37. The molecule has 0 aromatic heterocycles. The standard InChI is InChI=1S/C7H6F3N.C2H6/c1-3-4(8)2-5(11)7(10)6(3)9;1-2/h2H,11H2,1H3;1-2H3. The van der Waals surface area contributed by atoms with Gasteiger partial charge < -0.3 is 5.73 Å². The highest BCUT2D eigenvalue weighted by atomic mass is 19.2. The SMILES string of the molecule is CC.Cc1c(F)cc(N)c(F)c1F. The Morgan fingerprint density at radius 1 is 1.08 bits per heavy atom. The molecule has 1 nitrogen and oxygen atoms in total. The van der Waals surface area contributed by atoms with Gasteiger partial charge in [-0.3, -0.25) is 0 Å². The topological polar surface area (TPSA) is 26.0 Å². The number of rotatable bonds is 0. The molecular weight excluding hydrogens is 179 g/mol. The van der Waals surface area contributed by atoms with Gasteiger partial charge in [0.05, 0.1) is 5.69 Å². The fourth-order valence-corrected chi connectivity index (χ4v) is 0.704. The summed E-state index contributed by atoms with van der Waals surface area (Å²) in [4.78, 5) is 0. The van der Waals surface area contributed by atoms with Gasteiger partial charge in [-0.15, -0.1) is 0 Å². The van der Waals surface area contributed by atoms with Crippen molar-refractivity contribution in [2.75, 3.05) is 5.73 Å². The highest BCUT2D eigenvalue weighted by Gasteiger charge is 2.12. The first-order valence-electron chi connectivity index (χ1n) is 3.93. The highest BCUT2D eigenvalue weighted by molar-refractivity contribution is 5.42. The normalized spacial score (nSPS) is 9.08. The second-order valence-electron chi connectivity index (χ2n) is 2.20. The average Bonchev–Trinajstić information content (AvgIpc) is 2.15. The second-order valence-corrected chi connectivity index (χ2v) is 2.20. The lowest BCUT2D eigenvalue weighted by Crippen LogP contribution is -1.99. The summed E-state index contributed by atoms with van der Waals surface area (Å²) in [6.45, 7) is 5.15. The summed E-state index contributed by atoms with van der Waals surface area (Å²) < 4.78 is 37.6. The molecule has 74 valence electrons. The number of hydrogen-bond acceptors (Lipinski definition) is 1. The molecule has 0 spiro atoms. The van der Waals surface area contributed by atoms with Crippen LogP contribution in [0.4, 0.5) is 18.9 Å². The number of hydrogen-bond donors (Lipinski definition) is 1. The molecule has 0 aliphatic rings. The van der Waals surface area contributed by atoms with Gasteiger partial charge in [-0.25, -0.2) is 13.2 Å². The van der Waals surface area contributed by atoms with Crippen molar-refractivity contribution in [3.8, 4) is 0 Å². The maximum absolute atomic E-state index is 12.6. The predicted octanol–water partition coefficient (Wildman–Crippen LogP) is 3.02. The maximum Gasteiger partial charge on any atom is 0.182 e. The van der Waals surface area contributed by atoms with Crippen LogP contribution in [-0.4, -0.2) is 0 Å². The molecule has 0 saturated heterocycles. The Hall–Kier alpha value is -1.19. The molecule has 1 rings (SSSR count). The Morgan fingerprint density at radius 3 is 2.00 bits per heavy atom. The van der Waals surface area contributed by atoms with Gasteiger partial charge in [0.15, 0.2) is 11.6 Å². The minimum Gasteiger partial charge on any atom is -0.396 e. The van der Waals surface area contributed by atoms with E-state index < -0.39 is 23.1 Å². The molecule has 0 fully saturated rings. The molecule has 0 saturated carbocycles. The van der Waals surface area contributed by atoms with E-state index in [1.54, 1.807) is 0 Å². The van der Waals surface area contributed by atoms with Crippen LogP contribution in [0.15, 0.2) is 6.07 Å². The van der Waals surface area contributed by atoms with E-state index in [0.29, 0.717) is 0 Å². The molecule has 0 heterocycles. The molecule has 0 radical (unpaired) electrons. The summed E-state index contributed by atoms with van der Waals surface area (Å²) in [5.74, 6) is -3.24. The van der Waals surface area contributed by atoms with Crippen molar-refractivity contribution < 1.29 is 13.2 Å². The molecule has 1 aromatic rings. The lowest BCUT2D eigenvalue weighted by atomic mass is 10.2. The number of halogens is 3. The largest absolute Gasteiger partial charge is 0.396 e. The number of nitrogens with two attached hydrogens (primary N) is 1. The van der Waals surface area contributed by atoms with Crippen LogP contribution >= 0.6 is 0 Å². The van der Waals surface area contributed by atoms with E-state index in [-0.39, 0.29) is 5.56 Å². The molecule has 0 bridgehead atoms. The smallest absolute Gasteiger partial charge is 0.182 e. The van der Waals surface area contributed by atoms with Crippen molar-refractivity contribution in [3.05, 3.63) is 29.1 Å². The molecule has 0 unspecified atom stereocenters. The zero-order chi connectivity index (χ0) is 10.6. The number of anilines is 1. The first-order chi connectivity index (χ1) is 6.04. The molecule has 0 atom stereocenters. The van der Waals surface area contributed by atoms with E-state index in [0.717, 1.165) is 13.0 Å². The van der Waals surface area contributed by atoms with Crippen LogP contribution in [0.5, 0.6) is 0 Å². The lowest BCUT2D eigenvalue weighted by Gasteiger charge is -2.01. The maximum atomic E-state index is 12.6. The molecule has 4 heteroatoms. The summed E-state index contributed by atoms with van der Waals surface area (Å²) in [5, 5.41) is 0. The van der Waals surface area contributed by atoms with Crippen molar-refractivity contribution in [2.24, 2.45) is 0 Å². The fraction of sp³-hybridized carbons (Fsp3) is 0.333. The van der Waals surface area contributed by atoms with E-state index in [9.17, 15) is 13.2 Å². The molecule has 0 aliphatic heterocycles. The highest BCUT2D eigenvalue weighted by Crippen LogP contribution is 2.20. The van der Waals surface area contributed by atoms with Gasteiger partial charge in [0.1, 0.15) is 5.82 Å². The average molecular weight is 191 g/mol. The van der Waals surface area contributed by atoms with Gasteiger partial charge >= 0.3 is 0 Å². The van der Waals surface area contributed by atoms with Gasteiger partial charge in [-0.2, -0.15) is 0 Å². The zero-order valence-electron chi connectivity index (χ0n) is 7.79. The van der Waals surface area contributed by atoms with Gasteiger partial charge in [-0.1, -0.05) is 13.8 Å². The molecular formula is C9H12F3N. The minimum atomic E-state index is -1.22. The Bertz CT molecular complexity index is 271. The first kappa shape index (κ1) is 11.8. The Kier molecular flexibility index (Phi) is 4.31. The van der Waals surface area contributed by atoms with Crippen molar-refractivity contribution >= 4 is 5.69 Å². The first-order valence-corrected chi connectivity index (χ1v) is 3.93. The third-order valence-electron chi connectivity index (χ3n) is 1.42. The lowest BCUT2D eigenvalue weighted by molar-refractivity contribution is 0.490. The summed E-state index contributed by atoms with van der Waals surface area (Å²) in [6.07, 6.45) is 0. The molecule has 1 aromatic carbocycles. The third-order valence-corrected chi connectivity index (χ3v) is 1.42. The monoisotopic (exact) mass is 191 g/mol. The van der Waals surface area contributed by atoms with Gasteiger partial charge in [0.25, 0.3) is 0 Å². The van der Waals surface area contributed by atoms with E-state index >= 15 is 0 Å². The van der Waals surface area contributed by atoms with Crippen LogP contribution in [0.1, 0.15) is 19.4 Å². The zero-order valence-corrected chi connectivity index (χ0v) is 7.79. The van der Waals surface area contributed by atoms with E-state index in [4.69, 9.17) is 5.73 Å². The van der Waals surface area contributed by atoms with Crippen LogP contribution < -0.4 is 5.73 Å². The summed E-state index contributed by atoms with van der Waals surface area (Å²) in [5.41, 5.74) is 4.08. The van der Waals surface area contributed by atoms with Crippen molar-refractivity contribution in [2.45, 2.75) is 20.8 Å². The van der Waals surface area contributed by atoms with Crippen LogP contribution in [0.2, 0.25) is 0 Å². The van der Waals surface area contributed by atoms with E-state index in [1.807, 2.05) is 13.8 Å². The quantitative estimate of drug-likeness (QED) is 0.495. The summed E-state index contributed by atoms with van der Waals surface area (Å²) in [6, 6.07) is 0.758. The van der Waals surface area contributed by atoms with Crippen molar-refractivity contribution in [1.82, 2.24) is 0 Å². The van der Waals surface area contributed by atoms with Crippen LogP contribution in [-0.2, 0) is 0 Å². The van der Waals surface area contributed by atoms with E-state index in [2.05, 4.69) is 0 Å². The van der Waals surface area contributed by atoms with Crippen molar-refractivity contribution in [3.63, 3.8) is 0 Å². The number of nitrogen functional groups attached to an aromatic ring is 1. The van der Waals surface area contributed by atoms with Gasteiger partial charge in [-0.05, 0) is 6.92 Å². The minimum absolute atomic E-state index is 0.350. The van der Waals surface area contributed by atoms with Crippen LogP contribution in [0.3, 0.4) is 0 Å². The molecule has 2 N–H and O–H groups in total. The van der Waals surface area contributed by atoms with Gasteiger partial charge in [0, 0.05) is 11.6 Å². The van der Waals surface area contributed by atoms with Crippen LogP contribution in [0.25, 0.3) is 0 Å². The Balaban J connectivity index is 0.000000671.